The van der Waals surface area contributed by atoms with Crippen molar-refractivity contribution in [2.45, 2.75) is 45.6 Å². The van der Waals surface area contributed by atoms with Gasteiger partial charge < -0.3 is 10.1 Å². The lowest BCUT2D eigenvalue weighted by atomic mass is 10.1. The minimum atomic E-state index is -0.0828. The molecule has 1 aromatic rings. The number of aromatic nitrogens is 1. The molecule has 0 aliphatic rings. The number of hydrogen-bond acceptors (Lipinski definition) is 4. The largest absolute Gasteiger partial charge is 0.466 e. The first kappa shape index (κ1) is 15.6. The van der Waals surface area contributed by atoms with E-state index < -0.39 is 0 Å². The minimum absolute atomic E-state index is 0.0828. The van der Waals surface area contributed by atoms with E-state index >= 15 is 0 Å². The highest BCUT2D eigenvalue weighted by molar-refractivity contribution is 5.69. The van der Waals surface area contributed by atoms with Gasteiger partial charge in [-0.2, -0.15) is 0 Å². The molecule has 1 heterocycles. The first-order chi connectivity index (χ1) is 9.24. The SMILES string of the molecule is CCOC(=O)CCCCCN[C@H](C)c1ccncc1. The van der Waals surface area contributed by atoms with Gasteiger partial charge in [0.05, 0.1) is 6.61 Å². The molecule has 0 saturated carbocycles. The second-order valence-corrected chi connectivity index (χ2v) is 4.57. The summed E-state index contributed by atoms with van der Waals surface area (Å²) < 4.78 is 4.88. The van der Waals surface area contributed by atoms with Gasteiger partial charge in [-0.3, -0.25) is 9.78 Å². The third-order valence-electron chi connectivity index (χ3n) is 3.02. The lowest BCUT2D eigenvalue weighted by Crippen LogP contribution is -2.19. The highest BCUT2D eigenvalue weighted by Crippen LogP contribution is 2.10. The van der Waals surface area contributed by atoms with Crippen molar-refractivity contribution in [1.82, 2.24) is 10.3 Å². The summed E-state index contributed by atoms with van der Waals surface area (Å²) >= 11 is 0. The van der Waals surface area contributed by atoms with Crippen molar-refractivity contribution >= 4 is 5.97 Å². The van der Waals surface area contributed by atoms with Gasteiger partial charge in [-0.05, 0) is 50.9 Å². The Morgan fingerprint density at radius 3 is 2.74 bits per heavy atom. The van der Waals surface area contributed by atoms with Gasteiger partial charge in [0.1, 0.15) is 0 Å². The fraction of sp³-hybridized carbons (Fsp3) is 0.600. The Bertz CT molecular complexity index is 354. The zero-order valence-corrected chi connectivity index (χ0v) is 11.9. The molecule has 1 rings (SSSR count). The first-order valence-electron chi connectivity index (χ1n) is 7.03. The van der Waals surface area contributed by atoms with Crippen LogP contribution < -0.4 is 5.32 Å². The molecule has 106 valence electrons. The highest BCUT2D eigenvalue weighted by Gasteiger charge is 2.04. The fourth-order valence-corrected chi connectivity index (χ4v) is 1.89. The van der Waals surface area contributed by atoms with Crippen LogP contribution in [0.25, 0.3) is 0 Å². The van der Waals surface area contributed by atoms with Gasteiger partial charge in [0.2, 0.25) is 0 Å². The van der Waals surface area contributed by atoms with Crippen LogP contribution in [0.2, 0.25) is 0 Å². The molecule has 4 heteroatoms. The smallest absolute Gasteiger partial charge is 0.305 e. The van der Waals surface area contributed by atoms with E-state index in [0.717, 1.165) is 25.8 Å². The maximum atomic E-state index is 11.1. The molecule has 0 spiro atoms. The van der Waals surface area contributed by atoms with Crippen molar-refractivity contribution in [3.8, 4) is 0 Å². The van der Waals surface area contributed by atoms with Crippen molar-refractivity contribution in [2.24, 2.45) is 0 Å². The molecule has 0 aliphatic carbocycles. The molecule has 0 saturated heterocycles. The lowest BCUT2D eigenvalue weighted by Gasteiger charge is -2.13. The quantitative estimate of drug-likeness (QED) is 0.550. The van der Waals surface area contributed by atoms with Crippen LogP contribution in [0.1, 0.15) is 51.1 Å². The van der Waals surface area contributed by atoms with Crippen LogP contribution in [-0.4, -0.2) is 24.1 Å². The van der Waals surface area contributed by atoms with Gasteiger partial charge in [0.25, 0.3) is 0 Å². The standard InChI is InChI=1S/C15H24N2O2/c1-3-19-15(18)7-5-4-6-10-17-13(2)14-8-11-16-12-9-14/h8-9,11-13,17H,3-7,10H2,1-2H3/t13-/m1/s1. The lowest BCUT2D eigenvalue weighted by molar-refractivity contribution is -0.143. The van der Waals surface area contributed by atoms with Crippen molar-refractivity contribution < 1.29 is 9.53 Å². The number of nitrogens with one attached hydrogen (secondary N) is 1. The van der Waals surface area contributed by atoms with E-state index in [1.807, 2.05) is 31.5 Å². The number of unbranched alkanes of at least 4 members (excludes halogenated alkanes) is 2. The Morgan fingerprint density at radius 2 is 2.05 bits per heavy atom. The van der Waals surface area contributed by atoms with Gasteiger partial charge in [0.15, 0.2) is 0 Å². The second-order valence-electron chi connectivity index (χ2n) is 4.57. The summed E-state index contributed by atoms with van der Waals surface area (Å²) in [4.78, 5) is 15.1. The van der Waals surface area contributed by atoms with E-state index in [0.29, 0.717) is 19.1 Å². The number of ether oxygens (including phenoxy) is 1. The molecule has 0 bridgehead atoms. The molecule has 1 atom stereocenters. The zero-order chi connectivity index (χ0) is 13.9. The molecule has 1 aromatic heterocycles. The van der Waals surface area contributed by atoms with Crippen LogP contribution in [0.3, 0.4) is 0 Å². The molecule has 0 aromatic carbocycles. The fourth-order valence-electron chi connectivity index (χ4n) is 1.89. The summed E-state index contributed by atoms with van der Waals surface area (Å²) in [6.07, 6.45) is 7.20. The number of hydrogen-bond donors (Lipinski definition) is 1. The Kier molecular flexibility index (Phi) is 7.82. The number of pyridine rings is 1. The number of carbonyl (C=O) groups is 1. The van der Waals surface area contributed by atoms with Crippen molar-refractivity contribution in [3.05, 3.63) is 30.1 Å². The van der Waals surface area contributed by atoms with Crippen molar-refractivity contribution in [3.63, 3.8) is 0 Å². The number of nitrogens with zero attached hydrogens (tertiary/aromatic N) is 1. The van der Waals surface area contributed by atoms with Crippen molar-refractivity contribution in [2.75, 3.05) is 13.2 Å². The van der Waals surface area contributed by atoms with Crippen LogP contribution in [0, 0.1) is 0 Å². The topological polar surface area (TPSA) is 51.2 Å². The van der Waals surface area contributed by atoms with Gasteiger partial charge in [0, 0.05) is 24.9 Å². The Hall–Kier alpha value is -1.42. The monoisotopic (exact) mass is 264 g/mol. The summed E-state index contributed by atoms with van der Waals surface area (Å²) in [5.41, 5.74) is 1.25. The summed E-state index contributed by atoms with van der Waals surface area (Å²) in [7, 11) is 0. The minimum Gasteiger partial charge on any atom is -0.466 e. The predicted molar refractivity (Wildman–Crippen MR) is 75.8 cm³/mol. The van der Waals surface area contributed by atoms with Gasteiger partial charge >= 0.3 is 5.97 Å². The summed E-state index contributed by atoms with van der Waals surface area (Å²) in [5.74, 6) is -0.0828. The Labute approximate surface area is 115 Å². The van der Waals surface area contributed by atoms with Crippen molar-refractivity contribution in [1.29, 1.82) is 0 Å². The third kappa shape index (κ3) is 6.91. The second kappa shape index (κ2) is 9.50. The maximum absolute atomic E-state index is 11.1. The van der Waals surface area contributed by atoms with E-state index in [9.17, 15) is 4.79 Å². The van der Waals surface area contributed by atoms with Gasteiger partial charge in [-0.25, -0.2) is 0 Å². The molecule has 0 radical (unpaired) electrons. The summed E-state index contributed by atoms with van der Waals surface area (Å²) in [6.45, 7) is 5.42. The number of carbonyl (C=O) groups excluding carboxylic acids is 1. The Balaban J connectivity index is 2.03. The van der Waals surface area contributed by atoms with Crippen LogP contribution >= 0.6 is 0 Å². The molecule has 0 aliphatic heterocycles. The molecule has 0 amide bonds. The molecule has 0 fully saturated rings. The molecule has 1 N–H and O–H groups in total. The van der Waals surface area contributed by atoms with E-state index in [1.165, 1.54) is 5.56 Å². The predicted octanol–water partition coefficient (Wildman–Crippen LogP) is 2.86. The van der Waals surface area contributed by atoms with Gasteiger partial charge in [-0.1, -0.05) is 6.42 Å². The van der Waals surface area contributed by atoms with Gasteiger partial charge in [-0.15, -0.1) is 0 Å². The molecule has 0 unspecified atom stereocenters. The van der Waals surface area contributed by atoms with Crippen LogP contribution in [0.4, 0.5) is 0 Å². The zero-order valence-electron chi connectivity index (χ0n) is 11.9. The Morgan fingerprint density at radius 1 is 1.32 bits per heavy atom. The average molecular weight is 264 g/mol. The molecular formula is C15H24N2O2. The summed E-state index contributed by atoms with van der Waals surface area (Å²) in [6, 6.07) is 4.39. The highest BCUT2D eigenvalue weighted by atomic mass is 16.5. The maximum Gasteiger partial charge on any atom is 0.305 e. The molecule has 19 heavy (non-hydrogen) atoms. The van der Waals surface area contributed by atoms with Crippen LogP contribution in [-0.2, 0) is 9.53 Å². The van der Waals surface area contributed by atoms with Crippen LogP contribution in [0.15, 0.2) is 24.5 Å². The average Bonchev–Trinajstić information content (AvgIpc) is 2.43. The normalized spacial score (nSPS) is 12.1. The van der Waals surface area contributed by atoms with E-state index in [1.54, 1.807) is 0 Å². The summed E-state index contributed by atoms with van der Waals surface area (Å²) in [5, 5.41) is 3.47. The number of esters is 1. The van der Waals surface area contributed by atoms with E-state index in [2.05, 4.69) is 17.2 Å². The van der Waals surface area contributed by atoms with E-state index in [-0.39, 0.29) is 5.97 Å². The molecule has 4 nitrogen and oxygen atoms in total. The first-order valence-corrected chi connectivity index (χ1v) is 7.03. The number of rotatable bonds is 9. The van der Waals surface area contributed by atoms with Crippen LogP contribution in [0.5, 0.6) is 0 Å². The van der Waals surface area contributed by atoms with E-state index in [4.69, 9.17) is 4.74 Å². The molecular weight excluding hydrogens is 240 g/mol. The third-order valence-corrected chi connectivity index (χ3v) is 3.02.